The molecule has 4 N–H and O–H groups in total. The molecule has 0 saturated carbocycles. The van der Waals surface area contributed by atoms with Crippen LogP contribution in [0.5, 0.6) is 0 Å². The van der Waals surface area contributed by atoms with Crippen molar-refractivity contribution in [3.8, 4) is 6.07 Å². The molecule has 0 saturated heterocycles. The van der Waals surface area contributed by atoms with Gasteiger partial charge in [0.1, 0.15) is 6.07 Å². The van der Waals surface area contributed by atoms with Crippen LogP contribution in [0, 0.1) is 23.2 Å². The van der Waals surface area contributed by atoms with Gasteiger partial charge in [-0.3, -0.25) is 9.79 Å². The lowest BCUT2D eigenvalue weighted by Gasteiger charge is -2.05. The Bertz CT molecular complexity index is 1150. The number of fused-ring (bicyclic) bond motifs is 1. The minimum Gasteiger partial charge on any atom is -0.398 e. The van der Waals surface area contributed by atoms with Crippen molar-refractivity contribution in [2.24, 2.45) is 16.8 Å². The molecule has 1 aliphatic heterocycles. The molecule has 3 aromatic rings. The molecule has 5 heteroatoms. The summed E-state index contributed by atoms with van der Waals surface area (Å²) in [6, 6.07) is 24.6. The summed E-state index contributed by atoms with van der Waals surface area (Å²) in [5.41, 5.74) is 17.3. The number of nitrogen functional groups attached to an aromatic ring is 2. The number of aliphatic imine (C=N–C) groups is 1. The number of benzene rings is 3. The number of nitrogens with zero attached hydrogens (tertiary/aromatic N) is 2. The maximum atomic E-state index is 11.5. The highest BCUT2D eigenvalue weighted by atomic mass is 16.1. The minimum atomic E-state index is 0.00898. The molecule has 0 aromatic heterocycles. The van der Waals surface area contributed by atoms with Gasteiger partial charge >= 0.3 is 0 Å². The molecule has 0 bridgehead atoms. The molecule has 3 aromatic carbocycles. The van der Waals surface area contributed by atoms with Gasteiger partial charge in [-0.15, -0.1) is 0 Å². The Kier molecular flexibility index (Phi) is 9.38. The zero-order valence-electron chi connectivity index (χ0n) is 19.7. The number of nitriles is 1. The van der Waals surface area contributed by atoms with Gasteiger partial charge < -0.3 is 11.5 Å². The summed E-state index contributed by atoms with van der Waals surface area (Å²) in [6.07, 6.45) is 0. The average molecular weight is 441 g/mol. The zero-order valence-corrected chi connectivity index (χ0v) is 19.7. The van der Waals surface area contributed by atoms with Crippen molar-refractivity contribution in [3.05, 3.63) is 95.1 Å². The SMILES string of the molecule is CC(C)C(=O)c1ccccc1N.CC(C)C1=NCc2ccccc21.N#Cc1ccccc1N. The van der Waals surface area contributed by atoms with Crippen LogP contribution in [0.4, 0.5) is 11.4 Å². The number of para-hydroxylation sites is 2. The monoisotopic (exact) mass is 440 g/mol. The Morgan fingerprint density at radius 2 is 1.45 bits per heavy atom. The first-order valence-electron chi connectivity index (χ1n) is 11.0. The van der Waals surface area contributed by atoms with Crippen LogP contribution in [0.1, 0.15) is 54.7 Å². The molecule has 0 spiro atoms. The Balaban J connectivity index is 0.000000177. The summed E-state index contributed by atoms with van der Waals surface area (Å²) in [4.78, 5) is 16.0. The Morgan fingerprint density at radius 1 is 0.879 bits per heavy atom. The first kappa shape index (κ1) is 25.4. The highest BCUT2D eigenvalue weighted by molar-refractivity contribution is 6.04. The summed E-state index contributed by atoms with van der Waals surface area (Å²) < 4.78 is 0. The molecule has 0 aliphatic carbocycles. The van der Waals surface area contributed by atoms with Gasteiger partial charge in [0.25, 0.3) is 0 Å². The highest BCUT2D eigenvalue weighted by Crippen LogP contribution is 2.22. The Hall–Kier alpha value is -3.91. The smallest absolute Gasteiger partial charge is 0.167 e. The predicted octanol–water partition coefficient (Wildman–Crippen LogP) is 5.89. The van der Waals surface area contributed by atoms with Crippen LogP contribution in [-0.4, -0.2) is 11.5 Å². The van der Waals surface area contributed by atoms with Gasteiger partial charge in [0, 0.05) is 34.1 Å². The van der Waals surface area contributed by atoms with Gasteiger partial charge in [-0.25, -0.2) is 0 Å². The number of ketones is 1. The van der Waals surface area contributed by atoms with E-state index in [1.54, 1.807) is 36.4 Å². The molecule has 0 fully saturated rings. The third-order valence-electron chi connectivity index (χ3n) is 5.09. The van der Waals surface area contributed by atoms with E-state index in [0.29, 0.717) is 28.4 Å². The van der Waals surface area contributed by atoms with E-state index in [-0.39, 0.29) is 11.7 Å². The molecule has 5 nitrogen and oxygen atoms in total. The average Bonchev–Trinajstić information content (AvgIpc) is 3.25. The van der Waals surface area contributed by atoms with Crippen LogP contribution >= 0.6 is 0 Å². The van der Waals surface area contributed by atoms with Gasteiger partial charge in [-0.05, 0) is 35.7 Å². The molecule has 0 radical (unpaired) electrons. The van der Waals surface area contributed by atoms with E-state index < -0.39 is 0 Å². The second-order valence-electron chi connectivity index (χ2n) is 8.32. The zero-order chi connectivity index (χ0) is 24.4. The second kappa shape index (κ2) is 12.2. The number of carbonyl (C=O) groups is 1. The largest absolute Gasteiger partial charge is 0.398 e. The summed E-state index contributed by atoms with van der Waals surface area (Å²) in [6.45, 7) is 9.01. The normalized spacial score (nSPS) is 11.4. The quantitative estimate of drug-likeness (QED) is 0.391. The molecule has 0 atom stereocenters. The van der Waals surface area contributed by atoms with Gasteiger partial charge in [-0.1, -0.05) is 76.2 Å². The van der Waals surface area contributed by atoms with Crippen molar-refractivity contribution >= 4 is 22.9 Å². The maximum Gasteiger partial charge on any atom is 0.167 e. The number of hydrogen-bond acceptors (Lipinski definition) is 5. The lowest BCUT2D eigenvalue weighted by atomic mass is 9.98. The summed E-state index contributed by atoms with van der Waals surface area (Å²) in [7, 11) is 0. The predicted molar refractivity (Wildman–Crippen MR) is 137 cm³/mol. The van der Waals surface area contributed by atoms with Gasteiger partial charge in [0.15, 0.2) is 5.78 Å². The van der Waals surface area contributed by atoms with E-state index >= 15 is 0 Å². The molecule has 1 aliphatic rings. The fraction of sp³-hybridized carbons (Fsp3) is 0.250. The third kappa shape index (κ3) is 7.05. The number of nitrogens with two attached hydrogens (primary N) is 2. The summed E-state index contributed by atoms with van der Waals surface area (Å²) in [5.74, 6) is 0.663. The summed E-state index contributed by atoms with van der Waals surface area (Å²) in [5, 5.41) is 8.39. The van der Waals surface area contributed by atoms with Crippen LogP contribution in [-0.2, 0) is 6.54 Å². The second-order valence-corrected chi connectivity index (χ2v) is 8.32. The van der Waals surface area contributed by atoms with Crippen LogP contribution in [0.3, 0.4) is 0 Å². The molecule has 33 heavy (non-hydrogen) atoms. The highest BCUT2D eigenvalue weighted by Gasteiger charge is 2.16. The molecule has 1 heterocycles. The van der Waals surface area contributed by atoms with Crippen LogP contribution in [0.25, 0.3) is 0 Å². The first-order chi connectivity index (χ1) is 15.8. The Morgan fingerprint density at radius 3 is 2.00 bits per heavy atom. The van der Waals surface area contributed by atoms with Crippen LogP contribution < -0.4 is 11.5 Å². The van der Waals surface area contributed by atoms with E-state index in [1.807, 2.05) is 32.0 Å². The van der Waals surface area contributed by atoms with Crippen molar-refractivity contribution in [2.75, 3.05) is 11.5 Å². The topological polar surface area (TPSA) is 105 Å². The standard InChI is InChI=1S/C11H13N.C10H13NO.C7H6N2/c1-8(2)11-10-6-4-3-5-9(10)7-12-11;1-7(2)10(12)8-5-3-4-6-9(8)11;8-5-6-3-1-2-4-7(6)9/h3-6,8H,7H2,1-2H3;3-7H,11H2,1-2H3;1-4H,9H2. The lowest BCUT2D eigenvalue weighted by Crippen LogP contribution is -2.09. The number of carbonyl (C=O) groups excluding carboxylic acids is 1. The number of hydrogen-bond donors (Lipinski definition) is 2. The number of anilines is 2. The van der Waals surface area contributed by atoms with E-state index in [2.05, 4.69) is 43.1 Å². The van der Waals surface area contributed by atoms with Crippen LogP contribution in [0.15, 0.2) is 77.8 Å². The van der Waals surface area contributed by atoms with Crippen molar-refractivity contribution in [1.82, 2.24) is 0 Å². The van der Waals surface area contributed by atoms with E-state index in [1.165, 1.54) is 16.8 Å². The van der Waals surface area contributed by atoms with Crippen molar-refractivity contribution in [3.63, 3.8) is 0 Å². The van der Waals surface area contributed by atoms with Crippen LogP contribution in [0.2, 0.25) is 0 Å². The lowest BCUT2D eigenvalue weighted by molar-refractivity contribution is 0.0940. The number of rotatable bonds is 3. The summed E-state index contributed by atoms with van der Waals surface area (Å²) >= 11 is 0. The molecule has 4 rings (SSSR count). The number of Topliss-reactive ketones (excluding diaryl/α,β-unsaturated/α-hetero) is 1. The molecular weight excluding hydrogens is 408 g/mol. The minimum absolute atomic E-state index is 0.00898. The van der Waals surface area contributed by atoms with Gasteiger partial charge in [0.2, 0.25) is 0 Å². The third-order valence-corrected chi connectivity index (χ3v) is 5.09. The Labute approximate surface area is 196 Å². The van der Waals surface area contributed by atoms with Crippen molar-refractivity contribution < 1.29 is 4.79 Å². The molecule has 0 unspecified atom stereocenters. The molecule has 0 amide bonds. The fourth-order valence-corrected chi connectivity index (χ4v) is 3.29. The molecule has 170 valence electrons. The van der Waals surface area contributed by atoms with Gasteiger partial charge in [-0.2, -0.15) is 5.26 Å². The van der Waals surface area contributed by atoms with Gasteiger partial charge in [0.05, 0.1) is 12.1 Å². The van der Waals surface area contributed by atoms with E-state index in [9.17, 15) is 4.79 Å². The van der Waals surface area contributed by atoms with Crippen molar-refractivity contribution in [1.29, 1.82) is 5.26 Å². The maximum absolute atomic E-state index is 11.5. The van der Waals surface area contributed by atoms with E-state index in [4.69, 9.17) is 16.7 Å². The molecular formula is C28H32N4O. The van der Waals surface area contributed by atoms with Crippen molar-refractivity contribution in [2.45, 2.75) is 34.2 Å². The fourth-order valence-electron chi connectivity index (χ4n) is 3.29. The van der Waals surface area contributed by atoms with E-state index in [0.717, 1.165) is 6.54 Å². The first-order valence-corrected chi connectivity index (χ1v) is 11.0.